The van der Waals surface area contributed by atoms with E-state index in [1.54, 1.807) is 17.4 Å². The van der Waals surface area contributed by atoms with Crippen molar-refractivity contribution in [2.24, 2.45) is 5.73 Å². The topological polar surface area (TPSA) is 29.3 Å². The number of halogens is 2. The monoisotopic (exact) mass is 312 g/mol. The molecule has 0 aliphatic rings. The van der Waals surface area contributed by atoms with Crippen molar-refractivity contribution in [1.82, 2.24) is 4.90 Å². The third-order valence-electron chi connectivity index (χ3n) is 3.32. The molecule has 0 aliphatic heterocycles. The fourth-order valence-corrected chi connectivity index (χ4v) is 3.16. The lowest BCUT2D eigenvalue weighted by molar-refractivity contribution is 0.253. The zero-order chi connectivity index (χ0) is 14.5. The summed E-state index contributed by atoms with van der Waals surface area (Å²) in [6, 6.07) is 8.74. The molecule has 0 spiro atoms. The van der Waals surface area contributed by atoms with Gasteiger partial charge in [-0.1, -0.05) is 17.7 Å². The van der Waals surface area contributed by atoms with E-state index in [2.05, 4.69) is 16.3 Å². The largest absolute Gasteiger partial charge is 0.329 e. The van der Waals surface area contributed by atoms with E-state index in [4.69, 9.17) is 17.3 Å². The number of thiophene rings is 1. The number of hydrogen-bond acceptors (Lipinski definition) is 3. The van der Waals surface area contributed by atoms with Gasteiger partial charge in [0, 0.05) is 29.0 Å². The number of nitrogens with two attached hydrogens (primary N) is 1. The second-order valence-corrected chi connectivity index (χ2v) is 6.23. The lowest BCUT2D eigenvalue weighted by Crippen LogP contribution is -2.32. The molecule has 0 saturated carbocycles. The summed E-state index contributed by atoms with van der Waals surface area (Å²) in [5, 5.41) is 2.48. The SMILES string of the molecule is CN(CCc1cccs1)C(CN)c1cc(F)cc(Cl)c1. The molecule has 1 heterocycles. The minimum absolute atomic E-state index is 0.0248. The maximum atomic E-state index is 13.5. The van der Waals surface area contributed by atoms with Gasteiger partial charge in [0.1, 0.15) is 5.82 Å². The maximum absolute atomic E-state index is 13.5. The van der Waals surface area contributed by atoms with Gasteiger partial charge in [-0.05, 0) is 48.7 Å². The zero-order valence-corrected chi connectivity index (χ0v) is 12.9. The lowest BCUT2D eigenvalue weighted by atomic mass is 10.1. The molecule has 1 unspecified atom stereocenters. The van der Waals surface area contributed by atoms with Crippen molar-refractivity contribution in [2.75, 3.05) is 20.1 Å². The highest BCUT2D eigenvalue weighted by Crippen LogP contribution is 2.23. The number of rotatable bonds is 6. The van der Waals surface area contributed by atoms with Crippen LogP contribution in [0, 0.1) is 5.82 Å². The summed E-state index contributed by atoms with van der Waals surface area (Å²) in [6.07, 6.45) is 0.966. The first-order valence-electron chi connectivity index (χ1n) is 6.49. The molecule has 108 valence electrons. The smallest absolute Gasteiger partial charge is 0.125 e. The molecule has 0 bridgehead atoms. The number of benzene rings is 1. The lowest BCUT2D eigenvalue weighted by Gasteiger charge is -2.27. The van der Waals surface area contributed by atoms with Gasteiger partial charge < -0.3 is 5.73 Å². The van der Waals surface area contributed by atoms with Crippen molar-refractivity contribution in [1.29, 1.82) is 0 Å². The summed E-state index contributed by atoms with van der Waals surface area (Å²) in [5.74, 6) is -0.322. The van der Waals surface area contributed by atoms with Crippen LogP contribution in [0.5, 0.6) is 0 Å². The third-order valence-corrected chi connectivity index (χ3v) is 4.47. The van der Waals surface area contributed by atoms with Crippen LogP contribution in [-0.4, -0.2) is 25.0 Å². The van der Waals surface area contributed by atoms with Gasteiger partial charge in [0.15, 0.2) is 0 Å². The molecule has 0 fully saturated rings. The van der Waals surface area contributed by atoms with Crippen LogP contribution in [0.3, 0.4) is 0 Å². The van der Waals surface area contributed by atoms with Crippen LogP contribution in [0.25, 0.3) is 0 Å². The van der Waals surface area contributed by atoms with Gasteiger partial charge in [-0.25, -0.2) is 4.39 Å². The highest BCUT2D eigenvalue weighted by molar-refractivity contribution is 7.09. The Hall–Kier alpha value is -0.940. The van der Waals surface area contributed by atoms with E-state index in [-0.39, 0.29) is 11.9 Å². The van der Waals surface area contributed by atoms with E-state index < -0.39 is 0 Å². The quantitative estimate of drug-likeness (QED) is 0.881. The number of hydrogen-bond donors (Lipinski definition) is 1. The van der Waals surface area contributed by atoms with Crippen LogP contribution < -0.4 is 5.73 Å². The molecule has 2 aromatic rings. The predicted octanol–water partition coefficient (Wildman–Crippen LogP) is 3.71. The summed E-state index contributed by atoms with van der Waals surface area (Å²) >= 11 is 7.66. The van der Waals surface area contributed by atoms with Crippen molar-refractivity contribution in [3.05, 3.63) is 57.0 Å². The molecule has 2 nitrogen and oxygen atoms in total. The van der Waals surface area contributed by atoms with Crippen LogP contribution in [0.2, 0.25) is 5.02 Å². The number of nitrogens with zero attached hydrogens (tertiary/aromatic N) is 1. The van der Waals surface area contributed by atoms with Gasteiger partial charge >= 0.3 is 0 Å². The zero-order valence-electron chi connectivity index (χ0n) is 11.4. The highest BCUT2D eigenvalue weighted by atomic mass is 35.5. The molecule has 0 aliphatic carbocycles. The van der Waals surface area contributed by atoms with Crippen LogP contribution >= 0.6 is 22.9 Å². The van der Waals surface area contributed by atoms with Crippen LogP contribution in [-0.2, 0) is 6.42 Å². The van der Waals surface area contributed by atoms with Gasteiger partial charge in [-0.2, -0.15) is 0 Å². The minimum atomic E-state index is -0.322. The van der Waals surface area contributed by atoms with Crippen molar-refractivity contribution in [3.8, 4) is 0 Å². The average molecular weight is 313 g/mol. The Labute approximate surface area is 128 Å². The summed E-state index contributed by atoms with van der Waals surface area (Å²) in [4.78, 5) is 3.48. The van der Waals surface area contributed by atoms with Gasteiger partial charge in [0.25, 0.3) is 0 Å². The van der Waals surface area contributed by atoms with E-state index in [0.29, 0.717) is 11.6 Å². The van der Waals surface area contributed by atoms with Crippen molar-refractivity contribution in [2.45, 2.75) is 12.5 Å². The number of likely N-dealkylation sites (N-methyl/N-ethyl adjacent to an activating group) is 1. The molecule has 2 rings (SSSR count). The van der Waals surface area contributed by atoms with E-state index in [1.807, 2.05) is 13.1 Å². The Morgan fingerprint density at radius 1 is 1.40 bits per heavy atom. The normalized spacial score (nSPS) is 12.8. The third kappa shape index (κ3) is 4.03. The molecule has 20 heavy (non-hydrogen) atoms. The van der Waals surface area contributed by atoms with E-state index >= 15 is 0 Å². The van der Waals surface area contributed by atoms with E-state index in [9.17, 15) is 4.39 Å². The Morgan fingerprint density at radius 2 is 2.20 bits per heavy atom. The average Bonchev–Trinajstić information content (AvgIpc) is 2.89. The second-order valence-electron chi connectivity index (χ2n) is 4.76. The van der Waals surface area contributed by atoms with Crippen molar-refractivity contribution in [3.63, 3.8) is 0 Å². The highest BCUT2D eigenvalue weighted by Gasteiger charge is 2.16. The standard InChI is InChI=1S/C15H18ClFN2S/c1-19(5-4-14-3-2-6-20-14)15(10-18)11-7-12(16)9-13(17)8-11/h2-3,6-9,15H,4-5,10,18H2,1H3. The summed E-state index contributed by atoms with van der Waals surface area (Å²) in [7, 11) is 2.00. The summed E-state index contributed by atoms with van der Waals surface area (Å²) in [6.45, 7) is 1.30. The van der Waals surface area contributed by atoms with Crippen LogP contribution in [0.1, 0.15) is 16.5 Å². The second kappa shape index (κ2) is 7.18. The summed E-state index contributed by atoms with van der Waals surface area (Å²) < 4.78 is 13.5. The van der Waals surface area contributed by atoms with Gasteiger partial charge in [-0.15, -0.1) is 11.3 Å². The molecule has 1 atom stereocenters. The molecule has 0 saturated heterocycles. The first-order chi connectivity index (χ1) is 9.60. The molecule has 2 N–H and O–H groups in total. The van der Waals surface area contributed by atoms with Crippen LogP contribution in [0.15, 0.2) is 35.7 Å². The van der Waals surface area contributed by atoms with Crippen LogP contribution in [0.4, 0.5) is 4.39 Å². The molecule has 5 heteroatoms. The van der Waals surface area contributed by atoms with Gasteiger partial charge in [-0.3, -0.25) is 4.90 Å². The molecule has 1 aromatic carbocycles. The fraction of sp³-hybridized carbons (Fsp3) is 0.333. The van der Waals surface area contributed by atoms with E-state index in [1.165, 1.54) is 17.0 Å². The molecule has 1 aromatic heterocycles. The molecular formula is C15H18ClFN2S. The van der Waals surface area contributed by atoms with Crippen molar-refractivity contribution >= 4 is 22.9 Å². The fourth-order valence-electron chi connectivity index (χ4n) is 2.24. The Morgan fingerprint density at radius 3 is 2.80 bits per heavy atom. The first-order valence-corrected chi connectivity index (χ1v) is 7.74. The Balaban J connectivity index is 2.06. The molecular weight excluding hydrogens is 295 g/mol. The Bertz CT molecular complexity index is 525. The molecule has 0 radical (unpaired) electrons. The van der Waals surface area contributed by atoms with Gasteiger partial charge in [0.2, 0.25) is 0 Å². The van der Waals surface area contributed by atoms with Crippen molar-refractivity contribution < 1.29 is 4.39 Å². The predicted molar refractivity (Wildman–Crippen MR) is 83.9 cm³/mol. The summed E-state index contributed by atoms with van der Waals surface area (Å²) in [5.41, 5.74) is 6.68. The first kappa shape index (κ1) is 15.4. The van der Waals surface area contributed by atoms with Gasteiger partial charge in [0.05, 0.1) is 0 Å². The minimum Gasteiger partial charge on any atom is -0.329 e. The Kier molecular flexibility index (Phi) is 5.54. The molecule has 0 amide bonds. The van der Waals surface area contributed by atoms with E-state index in [0.717, 1.165) is 18.5 Å². The maximum Gasteiger partial charge on any atom is 0.125 e.